The summed E-state index contributed by atoms with van der Waals surface area (Å²) in [6.45, 7) is 6.80. The van der Waals surface area contributed by atoms with Crippen LogP contribution in [-0.2, 0) is 18.7 Å². The lowest BCUT2D eigenvalue weighted by molar-refractivity contribution is -0.123. The van der Waals surface area contributed by atoms with Crippen LogP contribution >= 0.6 is 15.9 Å². The maximum absolute atomic E-state index is 14.3. The Morgan fingerprint density at radius 1 is 0.878 bits per heavy atom. The molecule has 7 nitrogen and oxygen atoms in total. The van der Waals surface area contributed by atoms with Crippen LogP contribution < -0.4 is 15.3 Å². The van der Waals surface area contributed by atoms with Gasteiger partial charge in [-0.3, -0.25) is 14.5 Å². The fourth-order valence-electron chi connectivity index (χ4n) is 8.32. The standard InChI is InChI=1S/C39H39BBrNO6Si/c1-39(2,3)49(28-15-9-5-10-16-28,29-17-11-6-12-18-29)47-24-25-21-32-35(38(45)42(37(32)44)27-13-7-4-8-14-27)31-23-34(48-40(46)36(25)31)30-22-26(41)19-20-33(30)43/h4-20,22,31-32,34-35,43,46H,21,23-24H2,1-3H3/t31-,32-,34-,35+/m0/s1. The minimum Gasteiger partial charge on any atom is -0.508 e. The first-order valence-corrected chi connectivity index (χ1v) is 19.4. The van der Waals surface area contributed by atoms with Gasteiger partial charge in [0.15, 0.2) is 0 Å². The molecule has 0 bridgehead atoms. The van der Waals surface area contributed by atoms with E-state index in [0.29, 0.717) is 23.1 Å². The van der Waals surface area contributed by atoms with Gasteiger partial charge in [-0.1, -0.05) is 116 Å². The Balaban J connectivity index is 1.33. The Bertz CT molecular complexity index is 1860. The van der Waals surface area contributed by atoms with Crippen molar-refractivity contribution in [3.05, 3.63) is 130 Å². The van der Waals surface area contributed by atoms with Gasteiger partial charge < -0.3 is 19.2 Å². The Kier molecular flexibility index (Phi) is 9.04. The van der Waals surface area contributed by atoms with Crippen LogP contribution in [0.25, 0.3) is 0 Å². The number of halogens is 1. The number of anilines is 1. The van der Waals surface area contributed by atoms with Gasteiger partial charge in [-0.15, -0.1) is 0 Å². The Morgan fingerprint density at radius 3 is 2.06 bits per heavy atom. The summed E-state index contributed by atoms with van der Waals surface area (Å²) in [5.41, 5.74) is 2.45. The molecular formula is C39H39BBrNO6Si. The van der Waals surface area contributed by atoms with Gasteiger partial charge in [0.25, 0.3) is 8.32 Å². The molecule has 4 atom stereocenters. The molecule has 10 heteroatoms. The van der Waals surface area contributed by atoms with Crippen molar-refractivity contribution in [3.63, 3.8) is 0 Å². The fourth-order valence-corrected chi connectivity index (χ4v) is 13.2. The van der Waals surface area contributed by atoms with Crippen LogP contribution in [0.5, 0.6) is 5.75 Å². The number of amides is 2. The van der Waals surface area contributed by atoms with Gasteiger partial charge in [0, 0.05) is 10.0 Å². The van der Waals surface area contributed by atoms with Gasteiger partial charge in [0.2, 0.25) is 11.8 Å². The van der Waals surface area contributed by atoms with E-state index in [9.17, 15) is 19.7 Å². The SMILES string of the molecule is CC(C)(C)[Si](OCC1=C2B(O)O[C@H](c3cc(Br)ccc3O)C[C@H]2[C@H]2C(=O)N(c3ccccc3)C(=O)[C@H]2C1)(c1ccccc1)c1ccccc1. The number of para-hydroxylation sites is 1. The fraction of sp³-hybridized carbons (Fsp3) is 0.282. The van der Waals surface area contributed by atoms with E-state index in [-0.39, 0.29) is 35.6 Å². The van der Waals surface area contributed by atoms with Crippen LogP contribution in [-0.4, -0.2) is 44.0 Å². The first-order chi connectivity index (χ1) is 23.5. The molecule has 3 aliphatic rings. The number of fused-ring (bicyclic) bond motifs is 3. The highest BCUT2D eigenvalue weighted by atomic mass is 79.9. The Hall–Kier alpha value is -3.80. The van der Waals surface area contributed by atoms with E-state index in [1.165, 1.54) is 4.90 Å². The van der Waals surface area contributed by atoms with Gasteiger partial charge in [0.05, 0.1) is 30.2 Å². The summed E-state index contributed by atoms with van der Waals surface area (Å²) in [5.74, 6) is -2.30. The average molecular weight is 737 g/mol. The van der Waals surface area contributed by atoms with Crippen molar-refractivity contribution >= 4 is 59.2 Å². The molecule has 2 heterocycles. The molecule has 7 rings (SSSR count). The third-order valence-corrected chi connectivity index (χ3v) is 15.9. The van der Waals surface area contributed by atoms with E-state index >= 15 is 0 Å². The summed E-state index contributed by atoms with van der Waals surface area (Å²) in [6, 6.07) is 34.8. The highest BCUT2D eigenvalue weighted by Crippen LogP contribution is 2.53. The smallest absolute Gasteiger partial charge is 0.487 e. The van der Waals surface area contributed by atoms with Gasteiger partial charge in [-0.05, 0) is 75.5 Å². The van der Waals surface area contributed by atoms with Gasteiger partial charge in [-0.2, -0.15) is 0 Å². The first-order valence-electron chi connectivity index (χ1n) is 16.7. The van der Waals surface area contributed by atoms with Crippen LogP contribution in [0.2, 0.25) is 5.04 Å². The van der Waals surface area contributed by atoms with E-state index in [2.05, 4.69) is 61.0 Å². The Labute approximate surface area is 297 Å². The number of benzene rings is 4. The van der Waals surface area contributed by atoms with E-state index in [1.54, 1.807) is 30.3 Å². The molecule has 1 aliphatic carbocycles. The third kappa shape index (κ3) is 5.83. The number of phenolic OH excluding ortho intramolecular Hbond substituents is 1. The monoisotopic (exact) mass is 735 g/mol. The van der Waals surface area contributed by atoms with Crippen LogP contribution in [0.15, 0.2) is 125 Å². The summed E-state index contributed by atoms with van der Waals surface area (Å²) >= 11 is 3.49. The van der Waals surface area contributed by atoms with Crippen molar-refractivity contribution in [1.82, 2.24) is 0 Å². The first kappa shape index (κ1) is 33.7. The van der Waals surface area contributed by atoms with Crippen molar-refractivity contribution < 1.29 is 28.8 Å². The summed E-state index contributed by atoms with van der Waals surface area (Å²) < 4.78 is 14.3. The predicted octanol–water partition coefficient (Wildman–Crippen LogP) is 6.33. The zero-order chi connectivity index (χ0) is 34.5. The summed E-state index contributed by atoms with van der Waals surface area (Å²) in [6.07, 6.45) is -0.120. The van der Waals surface area contributed by atoms with Crippen LogP contribution in [0.3, 0.4) is 0 Å². The van der Waals surface area contributed by atoms with E-state index in [1.807, 2.05) is 54.6 Å². The molecule has 4 aromatic rings. The molecule has 0 unspecified atom stereocenters. The number of carbonyl (C=O) groups excluding carboxylic acids is 2. The van der Waals surface area contributed by atoms with E-state index in [4.69, 9.17) is 9.08 Å². The summed E-state index contributed by atoms with van der Waals surface area (Å²) in [7, 11) is -4.33. The van der Waals surface area contributed by atoms with Crippen molar-refractivity contribution in [3.8, 4) is 5.75 Å². The molecule has 0 saturated carbocycles. The van der Waals surface area contributed by atoms with Crippen molar-refractivity contribution in [2.75, 3.05) is 11.5 Å². The van der Waals surface area contributed by atoms with Crippen molar-refractivity contribution in [1.29, 1.82) is 0 Å². The zero-order valence-corrected chi connectivity index (χ0v) is 30.3. The molecule has 0 radical (unpaired) electrons. The van der Waals surface area contributed by atoms with Crippen LogP contribution in [0.4, 0.5) is 5.69 Å². The second-order valence-electron chi connectivity index (χ2n) is 14.2. The number of hydrogen-bond donors (Lipinski definition) is 2. The molecule has 2 saturated heterocycles. The normalized spacial score (nSPS) is 22.7. The lowest BCUT2D eigenvalue weighted by atomic mass is 9.55. The minimum atomic E-state index is -2.98. The Morgan fingerprint density at radius 2 is 1.47 bits per heavy atom. The van der Waals surface area contributed by atoms with Crippen LogP contribution in [0.1, 0.15) is 45.3 Å². The van der Waals surface area contributed by atoms with Gasteiger partial charge >= 0.3 is 7.12 Å². The van der Waals surface area contributed by atoms with E-state index in [0.717, 1.165) is 20.4 Å². The second-order valence-corrected chi connectivity index (χ2v) is 19.4. The molecule has 2 fully saturated rings. The number of phenols is 1. The molecule has 2 aliphatic heterocycles. The number of aromatic hydroxyl groups is 1. The van der Waals surface area contributed by atoms with Gasteiger partial charge in [-0.25, -0.2) is 0 Å². The van der Waals surface area contributed by atoms with Crippen molar-refractivity contribution in [2.24, 2.45) is 17.8 Å². The second kappa shape index (κ2) is 13.2. The molecule has 250 valence electrons. The summed E-state index contributed by atoms with van der Waals surface area (Å²) in [5, 5.41) is 24.6. The van der Waals surface area contributed by atoms with Crippen LogP contribution in [0, 0.1) is 17.8 Å². The molecule has 0 spiro atoms. The number of carbonyl (C=O) groups is 2. The predicted molar refractivity (Wildman–Crippen MR) is 197 cm³/mol. The lowest BCUT2D eigenvalue weighted by Gasteiger charge is -2.45. The molecule has 2 amide bonds. The third-order valence-electron chi connectivity index (χ3n) is 10.4. The number of nitrogens with zero attached hydrogens (tertiary/aromatic N) is 1. The highest BCUT2D eigenvalue weighted by molar-refractivity contribution is 9.10. The van der Waals surface area contributed by atoms with Gasteiger partial charge in [0.1, 0.15) is 5.75 Å². The minimum absolute atomic E-state index is 0.0372. The number of allylic oxidation sites excluding steroid dienone is 1. The maximum Gasteiger partial charge on any atom is 0.487 e. The number of hydrogen-bond acceptors (Lipinski definition) is 6. The number of rotatable bonds is 7. The topological polar surface area (TPSA) is 96.3 Å². The molecule has 2 N–H and O–H groups in total. The number of imide groups is 1. The molecular weight excluding hydrogens is 697 g/mol. The quantitative estimate of drug-likeness (QED) is 0.170. The largest absolute Gasteiger partial charge is 0.508 e. The summed E-state index contributed by atoms with van der Waals surface area (Å²) in [4.78, 5) is 29.8. The zero-order valence-electron chi connectivity index (χ0n) is 27.8. The molecule has 49 heavy (non-hydrogen) atoms. The molecule has 4 aromatic carbocycles. The maximum atomic E-state index is 14.3. The lowest BCUT2D eigenvalue weighted by Crippen LogP contribution is -2.66. The highest BCUT2D eigenvalue weighted by Gasteiger charge is 2.59. The van der Waals surface area contributed by atoms with Crippen molar-refractivity contribution in [2.45, 2.75) is 44.8 Å². The molecule has 0 aromatic heterocycles. The van der Waals surface area contributed by atoms with E-state index < -0.39 is 39.3 Å². The average Bonchev–Trinajstić information content (AvgIpc) is 3.35.